The van der Waals surface area contributed by atoms with Crippen molar-refractivity contribution in [3.05, 3.63) is 87.9 Å². The van der Waals surface area contributed by atoms with E-state index in [1.54, 1.807) is 12.1 Å². The molecule has 0 radical (unpaired) electrons. The predicted octanol–water partition coefficient (Wildman–Crippen LogP) is 4.79. The Hall–Kier alpha value is -2.94. The molecule has 1 atom stereocenters. The molecule has 0 bridgehead atoms. The monoisotopic (exact) mass is 391 g/mol. The van der Waals surface area contributed by atoms with Crippen molar-refractivity contribution in [3.63, 3.8) is 0 Å². The molecule has 1 aliphatic rings. The molecule has 1 amide bonds. The number of carbonyl (C=O) groups excluding carboxylic acids is 1. The van der Waals surface area contributed by atoms with Crippen molar-refractivity contribution >= 4 is 46.6 Å². The maximum atomic E-state index is 12.4. The molecule has 0 spiro atoms. The Morgan fingerprint density at radius 2 is 1.74 bits per heavy atom. The van der Waals surface area contributed by atoms with Gasteiger partial charge in [-0.05, 0) is 29.1 Å². The summed E-state index contributed by atoms with van der Waals surface area (Å²) in [5.74, 6) is -0.445. The quantitative estimate of drug-likeness (QED) is 0.617. The summed E-state index contributed by atoms with van der Waals surface area (Å²) in [5, 5.41) is 15.3. The Kier molecular flexibility index (Phi) is 4.53. The smallest absolute Gasteiger partial charge is 0.266 e. The number of nitriles is 1. The van der Waals surface area contributed by atoms with Crippen molar-refractivity contribution in [2.75, 3.05) is 4.90 Å². The molecule has 1 aliphatic heterocycles. The Labute approximate surface area is 167 Å². The topological polar surface area (TPSA) is 56.1 Å². The van der Waals surface area contributed by atoms with Crippen LogP contribution in [0.2, 0.25) is 5.02 Å². The van der Waals surface area contributed by atoms with Gasteiger partial charge in [0.15, 0.2) is 0 Å². The van der Waals surface area contributed by atoms with Gasteiger partial charge in [-0.2, -0.15) is 5.26 Å². The molecule has 132 valence electrons. The molecule has 4 rings (SSSR count). The number of nitrogens with one attached hydrogen (secondary N) is 1. The van der Waals surface area contributed by atoms with Crippen LogP contribution >= 0.6 is 24.2 Å². The Balaban J connectivity index is 1.96. The summed E-state index contributed by atoms with van der Waals surface area (Å²) in [6.07, 6.45) is -0.509. The van der Waals surface area contributed by atoms with Crippen LogP contribution in [0.4, 0.5) is 5.69 Å². The number of hydrogen-bond donors (Lipinski definition) is 2. The summed E-state index contributed by atoms with van der Waals surface area (Å²) in [7, 11) is 0. The van der Waals surface area contributed by atoms with Crippen molar-refractivity contribution in [3.8, 4) is 6.07 Å². The molecule has 27 heavy (non-hydrogen) atoms. The molecule has 0 fully saturated rings. The van der Waals surface area contributed by atoms with Gasteiger partial charge in [0.25, 0.3) is 5.91 Å². The molecule has 6 heteroatoms. The summed E-state index contributed by atoms with van der Waals surface area (Å²) < 4.78 is 0. The van der Waals surface area contributed by atoms with E-state index in [0.29, 0.717) is 10.1 Å². The van der Waals surface area contributed by atoms with E-state index in [1.165, 1.54) is 0 Å². The third kappa shape index (κ3) is 3.03. The first-order valence-electron chi connectivity index (χ1n) is 8.27. The van der Waals surface area contributed by atoms with Crippen molar-refractivity contribution < 1.29 is 4.79 Å². The van der Waals surface area contributed by atoms with Crippen LogP contribution < -0.4 is 10.2 Å². The summed E-state index contributed by atoms with van der Waals surface area (Å²) >= 11 is 10.6. The highest BCUT2D eigenvalue weighted by atomic mass is 35.5. The largest absolute Gasteiger partial charge is 0.327 e. The Morgan fingerprint density at radius 3 is 2.48 bits per heavy atom. The molecular weight excluding hydrogens is 378 g/mol. The number of amides is 1. The number of thiol groups is 1. The van der Waals surface area contributed by atoms with Gasteiger partial charge in [-0.15, -0.1) is 12.6 Å². The van der Waals surface area contributed by atoms with Crippen molar-refractivity contribution in [1.29, 1.82) is 5.26 Å². The van der Waals surface area contributed by atoms with E-state index in [4.69, 9.17) is 11.6 Å². The summed E-state index contributed by atoms with van der Waals surface area (Å²) in [4.78, 5) is 14.3. The second kappa shape index (κ2) is 6.99. The SMILES string of the molecule is N#CC1=C(S)N(c2cccc3ccccc23)C(c2ccc(Cl)cc2)NC1=O. The van der Waals surface area contributed by atoms with E-state index in [2.05, 4.69) is 17.9 Å². The predicted molar refractivity (Wildman–Crippen MR) is 110 cm³/mol. The first kappa shape index (κ1) is 17.5. The average Bonchev–Trinajstić information content (AvgIpc) is 2.68. The van der Waals surface area contributed by atoms with Crippen molar-refractivity contribution in [2.45, 2.75) is 6.17 Å². The van der Waals surface area contributed by atoms with Gasteiger partial charge in [0.05, 0.1) is 10.7 Å². The van der Waals surface area contributed by atoms with Crippen LogP contribution in [0.1, 0.15) is 11.7 Å². The Bertz CT molecular complexity index is 1110. The lowest BCUT2D eigenvalue weighted by atomic mass is 10.0. The number of anilines is 1. The molecule has 4 nitrogen and oxygen atoms in total. The molecule has 1 unspecified atom stereocenters. The zero-order valence-corrected chi connectivity index (χ0v) is 15.7. The number of rotatable bonds is 2. The molecule has 0 saturated heterocycles. The number of nitrogens with zero attached hydrogens (tertiary/aromatic N) is 2. The van der Waals surface area contributed by atoms with Crippen LogP contribution in [-0.4, -0.2) is 5.91 Å². The number of fused-ring (bicyclic) bond motifs is 1. The molecule has 0 aliphatic carbocycles. The van der Waals surface area contributed by atoms with Crippen LogP contribution in [0, 0.1) is 11.3 Å². The standard InChI is InChI=1S/C21H14ClN3OS/c22-15-10-8-14(9-11-15)19-24-20(26)17(12-23)21(27)25(19)18-7-3-5-13-4-1-2-6-16(13)18/h1-11,19,27H,(H,24,26). The molecule has 0 saturated carbocycles. The molecule has 3 aromatic carbocycles. The minimum absolute atomic E-state index is 0.0171. The lowest BCUT2D eigenvalue weighted by molar-refractivity contribution is -0.118. The molecule has 0 aromatic heterocycles. The van der Waals surface area contributed by atoms with E-state index < -0.39 is 12.1 Å². The first-order valence-corrected chi connectivity index (χ1v) is 9.09. The summed E-state index contributed by atoms with van der Waals surface area (Å²) in [6, 6.07) is 23.1. The minimum atomic E-state index is -0.509. The zero-order valence-electron chi connectivity index (χ0n) is 14.1. The van der Waals surface area contributed by atoms with E-state index in [1.807, 2.05) is 65.6 Å². The van der Waals surface area contributed by atoms with Gasteiger partial charge in [-0.25, -0.2) is 0 Å². The average molecular weight is 392 g/mol. The van der Waals surface area contributed by atoms with Crippen LogP contribution in [-0.2, 0) is 4.79 Å². The van der Waals surface area contributed by atoms with Crippen molar-refractivity contribution in [1.82, 2.24) is 5.32 Å². The molecule has 3 aromatic rings. The van der Waals surface area contributed by atoms with Crippen LogP contribution in [0.25, 0.3) is 10.8 Å². The van der Waals surface area contributed by atoms with E-state index in [0.717, 1.165) is 22.0 Å². The second-order valence-corrected chi connectivity index (χ2v) is 6.97. The van der Waals surface area contributed by atoms with Crippen LogP contribution in [0.15, 0.2) is 77.3 Å². The highest BCUT2D eigenvalue weighted by molar-refractivity contribution is 7.84. The van der Waals surface area contributed by atoms with E-state index in [9.17, 15) is 10.1 Å². The maximum absolute atomic E-state index is 12.4. The lowest BCUT2D eigenvalue weighted by Gasteiger charge is -2.38. The molecule has 1 heterocycles. The van der Waals surface area contributed by atoms with Gasteiger partial charge in [0, 0.05) is 10.4 Å². The number of benzene rings is 3. The molecule has 1 N–H and O–H groups in total. The highest BCUT2D eigenvalue weighted by Gasteiger charge is 2.34. The fraction of sp³-hybridized carbons (Fsp3) is 0.0476. The zero-order chi connectivity index (χ0) is 19.0. The third-order valence-electron chi connectivity index (χ3n) is 4.53. The van der Waals surface area contributed by atoms with Crippen molar-refractivity contribution in [2.24, 2.45) is 0 Å². The fourth-order valence-electron chi connectivity index (χ4n) is 3.25. The number of carbonyl (C=O) groups is 1. The highest BCUT2D eigenvalue weighted by Crippen LogP contribution is 2.39. The van der Waals surface area contributed by atoms with Gasteiger partial charge < -0.3 is 10.2 Å². The van der Waals surface area contributed by atoms with E-state index >= 15 is 0 Å². The van der Waals surface area contributed by atoms with Crippen LogP contribution in [0.5, 0.6) is 0 Å². The summed E-state index contributed by atoms with van der Waals surface area (Å²) in [5.41, 5.74) is 1.67. The normalized spacial score (nSPS) is 17.0. The summed E-state index contributed by atoms with van der Waals surface area (Å²) in [6.45, 7) is 0. The van der Waals surface area contributed by atoms with E-state index in [-0.39, 0.29) is 5.57 Å². The van der Waals surface area contributed by atoms with Gasteiger partial charge in [0.1, 0.15) is 17.8 Å². The molecular formula is C21H14ClN3OS. The number of hydrogen-bond acceptors (Lipinski definition) is 4. The second-order valence-electron chi connectivity index (χ2n) is 6.11. The van der Waals surface area contributed by atoms with Crippen LogP contribution in [0.3, 0.4) is 0 Å². The first-order chi connectivity index (χ1) is 13.1. The lowest BCUT2D eigenvalue weighted by Crippen LogP contribution is -2.46. The Morgan fingerprint density at radius 1 is 1.04 bits per heavy atom. The minimum Gasteiger partial charge on any atom is -0.327 e. The van der Waals surface area contributed by atoms with Gasteiger partial charge >= 0.3 is 0 Å². The van der Waals surface area contributed by atoms with Gasteiger partial charge in [-0.3, -0.25) is 4.79 Å². The maximum Gasteiger partial charge on any atom is 0.266 e. The van der Waals surface area contributed by atoms with Gasteiger partial charge in [-0.1, -0.05) is 60.1 Å². The number of halogens is 1. The van der Waals surface area contributed by atoms with Gasteiger partial charge in [0.2, 0.25) is 0 Å². The fourth-order valence-corrected chi connectivity index (χ4v) is 3.76. The third-order valence-corrected chi connectivity index (χ3v) is 5.22.